The van der Waals surface area contributed by atoms with Crippen LogP contribution >= 0.6 is 0 Å². The highest BCUT2D eigenvalue weighted by atomic mass is 19.1. The molecule has 0 spiro atoms. The minimum absolute atomic E-state index is 0.142. The predicted molar refractivity (Wildman–Crippen MR) is 51.3 cm³/mol. The van der Waals surface area contributed by atoms with Crippen molar-refractivity contribution < 1.29 is 9.18 Å². The van der Waals surface area contributed by atoms with E-state index in [9.17, 15) is 9.18 Å². The Labute approximate surface area is 81.5 Å². The van der Waals surface area contributed by atoms with Crippen molar-refractivity contribution in [1.29, 1.82) is 0 Å². The SMILES string of the molecule is CNC(=O)C(C)Nc1ccc(F)cn1. The minimum Gasteiger partial charge on any atom is -0.359 e. The third kappa shape index (κ3) is 2.69. The molecule has 1 unspecified atom stereocenters. The van der Waals surface area contributed by atoms with Crippen LogP contribution in [0.4, 0.5) is 10.2 Å². The Hall–Kier alpha value is -1.65. The Morgan fingerprint density at radius 3 is 2.79 bits per heavy atom. The number of carbonyl (C=O) groups is 1. The second-order valence-corrected chi connectivity index (χ2v) is 2.84. The van der Waals surface area contributed by atoms with Crippen LogP contribution in [0.2, 0.25) is 0 Å². The fourth-order valence-electron chi connectivity index (χ4n) is 0.965. The predicted octanol–water partition coefficient (Wildman–Crippen LogP) is 0.767. The average molecular weight is 197 g/mol. The van der Waals surface area contributed by atoms with Crippen molar-refractivity contribution in [2.75, 3.05) is 12.4 Å². The minimum atomic E-state index is -0.400. The summed E-state index contributed by atoms with van der Waals surface area (Å²) >= 11 is 0. The normalized spacial score (nSPS) is 11.9. The maximum atomic E-state index is 12.5. The maximum Gasteiger partial charge on any atom is 0.241 e. The number of amides is 1. The van der Waals surface area contributed by atoms with E-state index in [1.54, 1.807) is 14.0 Å². The topological polar surface area (TPSA) is 54.0 Å². The second kappa shape index (κ2) is 4.55. The van der Waals surface area contributed by atoms with E-state index in [2.05, 4.69) is 15.6 Å². The van der Waals surface area contributed by atoms with Crippen LogP contribution in [0, 0.1) is 5.82 Å². The van der Waals surface area contributed by atoms with Gasteiger partial charge in [-0.1, -0.05) is 0 Å². The monoisotopic (exact) mass is 197 g/mol. The van der Waals surface area contributed by atoms with Crippen LogP contribution in [-0.2, 0) is 4.79 Å². The smallest absolute Gasteiger partial charge is 0.241 e. The molecule has 1 rings (SSSR count). The maximum absolute atomic E-state index is 12.5. The molecule has 1 heterocycles. The molecule has 0 aliphatic rings. The molecule has 14 heavy (non-hydrogen) atoms. The summed E-state index contributed by atoms with van der Waals surface area (Å²) in [4.78, 5) is 14.9. The number of nitrogens with zero attached hydrogens (tertiary/aromatic N) is 1. The van der Waals surface area contributed by atoms with Crippen molar-refractivity contribution in [3.63, 3.8) is 0 Å². The third-order valence-electron chi connectivity index (χ3n) is 1.73. The van der Waals surface area contributed by atoms with E-state index in [0.717, 1.165) is 6.20 Å². The molecular weight excluding hydrogens is 185 g/mol. The third-order valence-corrected chi connectivity index (χ3v) is 1.73. The number of pyridine rings is 1. The molecule has 2 N–H and O–H groups in total. The van der Waals surface area contributed by atoms with Crippen molar-refractivity contribution in [3.8, 4) is 0 Å². The van der Waals surface area contributed by atoms with Gasteiger partial charge in [-0.15, -0.1) is 0 Å². The first-order valence-corrected chi connectivity index (χ1v) is 4.23. The molecule has 4 nitrogen and oxygen atoms in total. The van der Waals surface area contributed by atoms with Crippen LogP contribution in [0.25, 0.3) is 0 Å². The lowest BCUT2D eigenvalue weighted by Gasteiger charge is -2.12. The number of hydrogen-bond donors (Lipinski definition) is 2. The molecule has 0 aliphatic carbocycles. The van der Waals surface area contributed by atoms with Gasteiger partial charge in [0.2, 0.25) is 5.91 Å². The molecule has 5 heteroatoms. The molecule has 0 aliphatic heterocycles. The van der Waals surface area contributed by atoms with Crippen molar-refractivity contribution in [1.82, 2.24) is 10.3 Å². The van der Waals surface area contributed by atoms with Crippen molar-refractivity contribution in [2.24, 2.45) is 0 Å². The molecule has 0 bridgehead atoms. The van der Waals surface area contributed by atoms with E-state index in [-0.39, 0.29) is 5.91 Å². The molecule has 1 aromatic heterocycles. The molecule has 1 amide bonds. The zero-order chi connectivity index (χ0) is 10.6. The molecule has 0 aromatic carbocycles. The van der Waals surface area contributed by atoms with Gasteiger partial charge in [0.1, 0.15) is 17.7 Å². The first kappa shape index (κ1) is 10.4. The first-order chi connectivity index (χ1) is 6.63. The van der Waals surface area contributed by atoms with Crippen molar-refractivity contribution in [3.05, 3.63) is 24.1 Å². The van der Waals surface area contributed by atoms with Crippen LogP contribution in [0.1, 0.15) is 6.92 Å². The summed E-state index contributed by atoms with van der Waals surface area (Å²) in [6.07, 6.45) is 1.10. The summed E-state index contributed by atoms with van der Waals surface area (Å²) in [5.74, 6) is -0.0678. The second-order valence-electron chi connectivity index (χ2n) is 2.84. The molecular formula is C9H12FN3O. The number of nitrogens with one attached hydrogen (secondary N) is 2. The van der Waals surface area contributed by atoms with Gasteiger partial charge in [-0.3, -0.25) is 4.79 Å². The summed E-state index contributed by atoms with van der Waals surface area (Å²) in [6.45, 7) is 1.70. The van der Waals surface area contributed by atoms with Crippen LogP contribution < -0.4 is 10.6 Å². The Balaban J connectivity index is 2.60. The van der Waals surface area contributed by atoms with Crippen LogP contribution in [-0.4, -0.2) is 24.0 Å². The van der Waals surface area contributed by atoms with Gasteiger partial charge < -0.3 is 10.6 Å². The summed E-state index contributed by atoms with van der Waals surface area (Å²) in [5.41, 5.74) is 0. The van der Waals surface area contributed by atoms with E-state index in [0.29, 0.717) is 5.82 Å². The highest BCUT2D eigenvalue weighted by Crippen LogP contribution is 2.04. The largest absolute Gasteiger partial charge is 0.359 e. The van der Waals surface area contributed by atoms with Gasteiger partial charge in [0.25, 0.3) is 0 Å². The van der Waals surface area contributed by atoms with Gasteiger partial charge in [-0.2, -0.15) is 0 Å². The van der Waals surface area contributed by atoms with E-state index >= 15 is 0 Å². The molecule has 0 fully saturated rings. The number of likely N-dealkylation sites (N-methyl/N-ethyl adjacent to an activating group) is 1. The van der Waals surface area contributed by atoms with E-state index in [4.69, 9.17) is 0 Å². The number of halogens is 1. The van der Waals surface area contributed by atoms with Crippen molar-refractivity contribution >= 4 is 11.7 Å². The zero-order valence-electron chi connectivity index (χ0n) is 8.04. The summed E-state index contributed by atoms with van der Waals surface area (Å²) < 4.78 is 12.5. The lowest BCUT2D eigenvalue weighted by atomic mass is 10.3. The lowest BCUT2D eigenvalue weighted by molar-refractivity contribution is -0.121. The quantitative estimate of drug-likeness (QED) is 0.752. The van der Waals surface area contributed by atoms with Crippen LogP contribution in [0.15, 0.2) is 18.3 Å². The number of rotatable bonds is 3. The molecule has 0 saturated carbocycles. The van der Waals surface area contributed by atoms with E-state index < -0.39 is 11.9 Å². The van der Waals surface area contributed by atoms with Gasteiger partial charge >= 0.3 is 0 Å². The Bertz CT molecular complexity index is 312. The standard InChI is InChI=1S/C9H12FN3O/c1-6(9(14)11-2)13-8-4-3-7(10)5-12-8/h3-6H,1-2H3,(H,11,14)(H,12,13). The average Bonchev–Trinajstić information content (AvgIpc) is 2.20. The Morgan fingerprint density at radius 1 is 1.57 bits per heavy atom. The first-order valence-electron chi connectivity index (χ1n) is 4.23. The Morgan fingerprint density at radius 2 is 2.29 bits per heavy atom. The summed E-state index contributed by atoms with van der Waals surface area (Å²) in [5, 5.41) is 5.32. The van der Waals surface area contributed by atoms with Crippen LogP contribution in [0.5, 0.6) is 0 Å². The number of aromatic nitrogens is 1. The fraction of sp³-hybridized carbons (Fsp3) is 0.333. The van der Waals surface area contributed by atoms with Gasteiger partial charge in [-0.05, 0) is 19.1 Å². The molecule has 0 radical (unpaired) electrons. The van der Waals surface area contributed by atoms with Gasteiger partial charge in [-0.25, -0.2) is 9.37 Å². The molecule has 1 atom stereocenters. The van der Waals surface area contributed by atoms with Crippen molar-refractivity contribution in [2.45, 2.75) is 13.0 Å². The summed E-state index contributed by atoms with van der Waals surface area (Å²) in [6, 6.07) is 2.37. The lowest BCUT2D eigenvalue weighted by Crippen LogP contribution is -2.35. The summed E-state index contributed by atoms with van der Waals surface area (Å²) in [7, 11) is 1.55. The Kier molecular flexibility index (Phi) is 3.39. The van der Waals surface area contributed by atoms with E-state index in [1.807, 2.05) is 0 Å². The zero-order valence-corrected chi connectivity index (χ0v) is 8.04. The number of hydrogen-bond acceptors (Lipinski definition) is 3. The highest BCUT2D eigenvalue weighted by Gasteiger charge is 2.10. The van der Waals surface area contributed by atoms with Gasteiger partial charge in [0, 0.05) is 7.05 Å². The van der Waals surface area contributed by atoms with Gasteiger partial charge in [0.15, 0.2) is 0 Å². The van der Waals surface area contributed by atoms with E-state index in [1.165, 1.54) is 12.1 Å². The molecule has 1 aromatic rings. The molecule has 76 valence electrons. The number of carbonyl (C=O) groups excluding carboxylic acids is 1. The number of anilines is 1. The fourth-order valence-corrected chi connectivity index (χ4v) is 0.965. The molecule has 0 saturated heterocycles. The van der Waals surface area contributed by atoms with Crippen LogP contribution in [0.3, 0.4) is 0 Å². The highest BCUT2D eigenvalue weighted by molar-refractivity contribution is 5.83. The van der Waals surface area contributed by atoms with Gasteiger partial charge in [0.05, 0.1) is 6.20 Å².